The van der Waals surface area contributed by atoms with Gasteiger partial charge in [0.05, 0.1) is 11.5 Å². The molecule has 1 N–H and O–H groups in total. The lowest BCUT2D eigenvalue weighted by atomic mass is 10.2. The first-order chi connectivity index (χ1) is 15.6. The smallest absolute Gasteiger partial charge is 0.250 e. The molecule has 0 saturated heterocycles. The molecule has 0 atom stereocenters. The molecular weight excluding hydrogens is 420 g/mol. The van der Waals surface area contributed by atoms with E-state index in [1.807, 2.05) is 85.1 Å². The van der Waals surface area contributed by atoms with Crippen LogP contribution in [0.5, 0.6) is 0 Å². The molecule has 0 saturated carbocycles. The van der Waals surface area contributed by atoms with Gasteiger partial charge in [-0.2, -0.15) is 5.10 Å². The van der Waals surface area contributed by atoms with Crippen LogP contribution in [0.3, 0.4) is 0 Å². The first-order valence-electron chi connectivity index (χ1n) is 10.1. The maximum Gasteiger partial charge on any atom is 0.250 e. The zero-order chi connectivity index (χ0) is 22.3. The molecule has 0 unspecified atom stereocenters. The molecule has 7 nitrogen and oxygen atoms in total. The van der Waals surface area contributed by atoms with E-state index >= 15 is 0 Å². The average molecular weight is 443 g/mol. The molecule has 0 aliphatic heterocycles. The fraction of sp³-hybridized carbons (Fsp3) is 0.125. The Morgan fingerprint density at radius 2 is 1.72 bits per heavy atom. The highest BCUT2D eigenvalue weighted by molar-refractivity contribution is 7.99. The predicted molar refractivity (Wildman–Crippen MR) is 127 cm³/mol. The Hall–Kier alpha value is -3.78. The van der Waals surface area contributed by atoms with Crippen molar-refractivity contribution < 1.29 is 4.79 Å². The number of nitrogens with zero attached hydrogens (tertiary/aromatic N) is 5. The molecule has 2 aromatic carbocycles. The summed E-state index contributed by atoms with van der Waals surface area (Å²) in [6.45, 7) is 3.88. The number of hydrazone groups is 1. The highest BCUT2D eigenvalue weighted by atomic mass is 32.2. The second-order valence-corrected chi connectivity index (χ2v) is 8.04. The summed E-state index contributed by atoms with van der Waals surface area (Å²) in [5.74, 6) is 0.665. The maximum absolute atomic E-state index is 12.4. The zero-order valence-electron chi connectivity index (χ0n) is 17.8. The standard InChI is InChI=1S/C24H22N6OS/c1-17-8-10-21(11-9-17)30-23(20-6-4-3-5-7-20)28-29-24(30)32-16-22(31)27-26-18(2)19-12-14-25-15-13-19/h3-15H,16H2,1-2H3,(H,27,31)/b26-18-. The molecule has 2 heterocycles. The van der Waals surface area contributed by atoms with Crippen molar-refractivity contribution in [3.8, 4) is 17.1 Å². The summed E-state index contributed by atoms with van der Waals surface area (Å²) >= 11 is 1.32. The van der Waals surface area contributed by atoms with Gasteiger partial charge < -0.3 is 0 Å². The number of aryl methyl sites for hydroxylation is 1. The van der Waals surface area contributed by atoms with Crippen LogP contribution in [0.1, 0.15) is 18.1 Å². The van der Waals surface area contributed by atoms with Crippen molar-refractivity contribution >= 4 is 23.4 Å². The fourth-order valence-electron chi connectivity index (χ4n) is 3.03. The van der Waals surface area contributed by atoms with Gasteiger partial charge in [-0.15, -0.1) is 10.2 Å². The largest absolute Gasteiger partial charge is 0.272 e. The molecule has 0 radical (unpaired) electrons. The second-order valence-electron chi connectivity index (χ2n) is 7.10. The van der Waals surface area contributed by atoms with Crippen LogP contribution in [0.4, 0.5) is 0 Å². The van der Waals surface area contributed by atoms with Crippen molar-refractivity contribution in [1.29, 1.82) is 0 Å². The van der Waals surface area contributed by atoms with Crippen LogP contribution in [0.2, 0.25) is 0 Å². The molecule has 0 fully saturated rings. The Bertz CT molecular complexity index is 1220. The maximum atomic E-state index is 12.4. The van der Waals surface area contributed by atoms with Crippen LogP contribution in [0, 0.1) is 6.92 Å². The van der Waals surface area contributed by atoms with Gasteiger partial charge in [0.15, 0.2) is 11.0 Å². The Balaban J connectivity index is 1.53. The lowest BCUT2D eigenvalue weighted by Gasteiger charge is -2.10. The van der Waals surface area contributed by atoms with E-state index < -0.39 is 0 Å². The molecule has 0 spiro atoms. The van der Waals surface area contributed by atoms with Gasteiger partial charge in [-0.05, 0) is 38.1 Å². The van der Waals surface area contributed by atoms with E-state index in [4.69, 9.17) is 0 Å². The average Bonchev–Trinajstić information content (AvgIpc) is 3.27. The number of nitrogens with one attached hydrogen (secondary N) is 1. The summed E-state index contributed by atoms with van der Waals surface area (Å²) < 4.78 is 1.97. The van der Waals surface area contributed by atoms with E-state index in [-0.39, 0.29) is 11.7 Å². The molecular formula is C24H22N6OS. The van der Waals surface area contributed by atoms with E-state index in [0.29, 0.717) is 10.9 Å². The van der Waals surface area contributed by atoms with E-state index in [1.54, 1.807) is 12.4 Å². The summed E-state index contributed by atoms with van der Waals surface area (Å²) in [4.78, 5) is 16.4. The number of aromatic nitrogens is 4. The summed E-state index contributed by atoms with van der Waals surface area (Å²) in [7, 11) is 0. The predicted octanol–water partition coefficient (Wildman–Crippen LogP) is 4.27. The molecule has 0 aliphatic carbocycles. The fourth-order valence-corrected chi connectivity index (χ4v) is 3.77. The van der Waals surface area contributed by atoms with Gasteiger partial charge >= 0.3 is 0 Å². The number of carbonyl (C=O) groups is 1. The van der Waals surface area contributed by atoms with Crippen LogP contribution in [0.25, 0.3) is 17.1 Å². The van der Waals surface area contributed by atoms with Gasteiger partial charge in [0.2, 0.25) is 0 Å². The Labute approximate surface area is 190 Å². The van der Waals surface area contributed by atoms with E-state index in [2.05, 4.69) is 25.7 Å². The van der Waals surface area contributed by atoms with Gasteiger partial charge in [0.1, 0.15) is 0 Å². The zero-order valence-corrected chi connectivity index (χ0v) is 18.6. The second kappa shape index (κ2) is 10.0. The third-order valence-electron chi connectivity index (χ3n) is 4.74. The first kappa shape index (κ1) is 21.5. The number of amides is 1. The molecule has 0 aliphatic rings. The topological polar surface area (TPSA) is 85.1 Å². The summed E-state index contributed by atoms with van der Waals surface area (Å²) in [5, 5.41) is 13.6. The van der Waals surface area contributed by atoms with Crippen LogP contribution in [0.15, 0.2) is 89.4 Å². The normalized spacial score (nSPS) is 11.4. The molecule has 8 heteroatoms. The van der Waals surface area contributed by atoms with Gasteiger partial charge in [-0.25, -0.2) is 5.43 Å². The molecule has 4 rings (SSSR count). The summed E-state index contributed by atoms with van der Waals surface area (Å²) in [6, 6.07) is 21.7. The van der Waals surface area contributed by atoms with E-state index in [0.717, 1.165) is 22.6 Å². The highest BCUT2D eigenvalue weighted by Gasteiger charge is 2.17. The number of benzene rings is 2. The third-order valence-corrected chi connectivity index (χ3v) is 5.67. The molecule has 4 aromatic rings. The Kier molecular flexibility index (Phi) is 6.72. The van der Waals surface area contributed by atoms with Crippen molar-refractivity contribution in [2.24, 2.45) is 5.10 Å². The number of carbonyl (C=O) groups excluding carboxylic acids is 1. The van der Waals surface area contributed by atoms with Crippen molar-refractivity contribution in [1.82, 2.24) is 25.2 Å². The van der Waals surface area contributed by atoms with Gasteiger partial charge in [-0.3, -0.25) is 14.3 Å². The number of rotatable bonds is 7. The number of pyridine rings is 1. The van der Waals surface area contributed by atoms with Crippen molar-refractivity contribution in [3.63, 3.8) is 0 Å². The molecule has 2 aromatic heterocycles. The SMILES string of the molecule is C/C(=N/NC(=O)CSc1nnc(-c2ccccc2)n1-c1ccc(C)cc1)c1ccncc1. The minimum absolute atomic E-state index is 0.159. The first-order valence-corrected chi connectivity index (χ1v) is 11.0. The van der Waals surface area contributed by atoms with Gasteiger partial charge in [-0.1, -0.05) is 59.8 Å². The third kappa shape index (κ3) is 5.09. The van der Waals surface area contributed by atoms with E-state index in [1.165, 1.54) is 17.3 Å². The lowest BCUT2D eigenvalue weighted by molar-refractivity contribution is -0.118. The van der Waals surface area contributed by atoms with Crippen molar-refractivity contribution in [2.75, 3.05) is 5.75 Å². The van der Waals surface area contributed by atoms with E-state index in [9.17, 15) is 4.79 Å². The number of hydrogen-bond donors (Lipinski definition) is 1. The quantitative estimate of drug-likeness (QED) is 0.262. The van der Waals surface area contributed by atoms with Crippen LogP contribution in [-0.2, 0) is 4.79 Å². The van der Waals surface area contributed by atoms with Crippen molar-refractivity contribution in [3.05, 3.63) is 90.3 Å². The van der Waals surface area contributed by atoms with Crippen LogP contribution < -0.4 is 5.43 Å². The lowest BCUT2D eigenvalue weighted by Crippen LogP contribution is -2.21. The van der Waals surface area contributed by atoms with Crippen LogP contribution in [-0.4, -0.2) is 37.1 Å². The molecule has 160 valence electrons. The highest BCUT2D eigenvalue weighted by Crippen LogP contribution is 2.28. The summed E-state index contributed by atoms with van der Waals surface area (Å²) in [5.41, 5.74) is 7.28. The Morgan fingerprint density at radius 1 is 1.00 bits per heavy atom. The number of thioether (sulfide) groups is 1. The van der Waals surface area contributed by atoms with Crippen LogP contribution >= 0.6 is 11.8 Å². The number of hydrogen-bond acceptors (Lipinski definition) is 6. The molecule has 0 bridgehead atoms. The summed E-state index contributed by atoms with van der Waals surface area (Å²) in [6.07, 6.45) is 3.38. The van der Waals surface area contributed by atoms with Gasteiger partial charge in [0.25, 0.3) is 5.91 Å². The van der Waals surface area contributed by atoms with Gasteiger partial charge in [0, 0.05) is 29.2 Å². The Morgan fingerprint density at radius 3 is 2.44 bits per heavy atom. The monoisotopic (exact) mass is 442 g/mol. The minimum atomic E-state index is -0.219. The minimum Gasteiger partial charge on any atom is -0.272 e. The molecule has 32 heavy (non-hydrogen) atoms. The van der Waals surface area contributed by atoms with Crippen molar-refractivity contribution in [2.45, 2.75) is 19.0 Å². The molecule has 1 amide bonds.